The van der Waals surface area contributed by atoms with Crippen LogP contribution in [-0.2, 0) is 0 Å². The summed E-state index contributed by atoms with van der Waals surface area (Å²) >= 11 is 5.96. The van der Waals surface area contributed by atoms with Gasteiger partial charge in [-0.05, 0) is 37.8 Å². The first kappa shape index (κ1) is 13.3. The van der Waals surface area contributed by atoms with Crippen LogP contribution in [0.3, 0.4) is 0 Å². The van der Waals surface area contributed by atoms with E-state index in [1.54, 1.807) is 18.3 Å². The summed E-state index contributed by atoms with van der Waals surface area (Å²) in [5.41, 5.74) is 0.448. The number of aromatic nitrogens is 1. The lowest BCUT2D eigenvalue weighted by atomic mass is 9.98. The summed E-state index contributed by atoms with van der Waals surface area (Å²) in [4.78, 5) is 18.2. The molecule has 1 saturated heterocycles. The van der Waals surface area contributed by atoms with E-state index in [9.17, 15) is 4.79 Å². The van der Waals surface area contributed by atoms with Crippen LogP contribution in [0, 0.1) is 0 Å². The van der Waals surface area contributed by atoms with Gasteiger partial charge in [-0.25, -0.2) is 4.98 Å². The highest BCUT2D eigenvalue weighted by molar-refractivity contribution is 6.32. The zero-order valence-corrected chi connectivity index (χ0v) is 10.9. The smallest absolute Gasteiger partial charge is 0.257 e. The van der Waals surface area contributed by atoms with Crippen LogP contribution in [0.25, 0.3) is 0 Å². The van der Waals surface area contributed by atoms with E-state index in [-0.39, 0.29) is 23.7 Å². The van der Waals surface area contributed by atoms with Crippen molar-refractivity contribution in [2.75, 3.05) is 13.2 Å². The Bertz CT molecular complexity index is 423. The molecule has 0 spiro atoms. The minimum atomic E-state index is -0.0775. The molecule has 2 rings (SSSR count). The first-order chi connectivity index (χ1) is 8.74. The Hall–Kier alpha value is -1.13. The lowest BCUT2D eigenvalue weighted by Gasteiger charge is -2.35. The third-order valence-corrected chi connectivity index (χ3v) is 3.64. The quantitative estimate of drug-likeness (QED) is 0.855. The molecular formula is C13H17ClN2O2. The van der Waals surface area contributed by atoms with Crippen LogP contribution in [0.15, 0.2) is 18.3 Å². The second-order valence-corrected chi connectivity index (χ2v) is 4.86. The lowest BCUT2D eigenvalue weighted by molar-refractivity contribution is 0.0574. The van der Waals surface area contributed by atoms with Crippen molar-refractivity contribution >= 4 is 17.5 Å². The molecule has 1 aromatic rings. The van der Waals surface area contributed by atoms with Gasteiger partial charge in [0.1, 0.15) is 5.15 Å². The average molecular weight is 269 g/mol. The van der Waals surface area contributed by atoms with Crippen molar-refractivity contribution in [3.63, 3.8) is 0 Å². The molecule has 0 radical (unpaired) electrons. The van der Waals surface area contributed by atoms with Gasteiger partial charge < -0.3 is 10.0 Å². The minimum absolute atomic E-state index is 0.0775. The molecule has 1 amide bonds. The third kappa shape index (κ3) is 2.82. The number of aliphatic hydroxyl groups excluding tert-OH is 1. The molecule has 18 heavy (non-hydrogen) atoms. The van der Waals surface area contributed by atoms with Gasteiger partial charge in [0.15, 0.2) is 0 Å². The number of likely N-dealkylation sites (tertiary alicyclic amines) is 1. The molecule has 0 saturated carbocycles. The number of nitrogens with zero attached hydrogens (tertiary/aromatic N) is 2. The van der Waals surface area contributed by atoms with Crippen molar-refractivity contribution in [3.8, 4) is 0 Å². The van der Waals surface area contributed by atoms with Crippen molar-refractivity contribution < 1.29 is 9.90 Å². The Balaban J connectivity index is 2.18. The zero-order chi connectivity index (χ0) is 13.0. The lowest BCUT2D eigenvalue weighted by Crippen LogP contribution is -2.44. The van der Waals surface area contributed by atoms with E-state index < -0.39 is 0 Å². The van der Waals surface area contributed by atoms with Gasteiger partial charge >= 0.3 is 0 Å². The van der Waals surface area contributed by atoms with Crippen LogP contribution < -0.4 is 0 Å². The van der Waals surface area contributed by atoms with Gasteiger partial charge in [0.25, 0.3) is 5.91 Å². The number of carbonyl (C=O) groups is 1. The number of hydrogen-bond donors (Lipinski definition) is 1. The fourth-order valence-corrected chi connectivity index (χ4v) is 2.62. The fraction of sp³-hybridized carbons (Fsp3) is 0.538. The van der Waals surface area contributed by atoms with Crippen molar-refractivity contribution in [2.45, 2.75) is 31.7 Å². The summed E-state index contributed by atoms with van der Waals surface area (Å²) in [6.45, 7) is 0.837. The normalized spacial score (nSPS) is 19.9. The van der Waals surface area contributed by atoms with Crippen LogP contribution in [0.5, 0.6) is 0 Å². The number of amides is 1. The number of hydrogen-bond acceptors (Lipinski definition) is 3. The Morgan fingerprint density at radius 2 is 2.39 bits per heavy atom. The summed E-state index contributed by atoms with van der Waals surface area (Å²) in [6, 6.07) is 3.53. The molecule has 2 heterocycles. The molecule has 1 aromatic heterocycles. The molecule has 98 valence electrons. The largest absolute Gasteiger partial charge is 0.396 e. The summed E-state index contributed by atoms with van der Waals surface area (Å²) in [6.07, 6.45) is 5.26. The summed E-state index contributed by atoms with van der Waals surface area (Å²) in [5, 5.41) is 9.31. The van der Waals surface area contributed by atoms with Crippen LogP contribution in [-0.4, -0.2) is 40.1 Å². The molecule has 0 aliphatic carbocycles. The second kappa shape index (κ2) is 6.16. The van der Waals surface area contributed by atoms with Crippen molar-refractivity contribution in [1.29, 1.82) is 0 Å². The standard InChI is InChI=1S/C13H17ClN2O2/c14-12-11(5-3-7-15-12)13(18)16-8-2-1-4-10(16)6-9-17/h3,5,7,10,17H,1-2,4,6,8-9H2. The first-order valence-corrected chi connectivity index (χ1v) is 6.64. The first-order valence-electron chi connectivity index (χ1n) is 6.26. The second-order valence-electron chi connectivity index (χ2n) is 4.50. The molecular weight excluding hydrogens is 252 g/mol. The molecule has 0 bridgehead atoms. The van der Waals surface area contributed by atoms with Gasteiger partial charge in [-0.15, -0.1) is 0 Å². The number of piperidine rings is 1. The van der Waals surface area contributed by atoms with Gasteiger partial charge in [0.05, 0.1) is 5.56 Å². The maximum absolute atomic E-state index is 12.4. The van der Waals surface area contributed by atoms with E-state index in [2.05, 4.69) is 4.98 Å². The molecule has 0 aromatic carbocycles. The number of carbonyl (C=O) groups excluding carboxylic acids is 1. The van der Waals surface area contributed by atoms with Gasteiger partial charge in [-0.2, -0.15) is 0 Å². The number of halogens is 1. The summed E-state index contributed by atoms with van der Waals surface area (Å²) in [5.74, 6) is -0.0775. The molecule has 4 nitrogen and oxygen atoms in total. The van der Waals surface area contributed by atoms with E-state index in [1.165, 1.54) is 0 Å². The Labute approximate surface area is 112 Å². The molecule has 5 heteroatoms. The van der Waals surface area contributed by atoms with Crippen LogP contribution in [0.4, 0.5) is 0 Å². The predicted octanol–water partition coefficient (Wildman–Crippen LogP) is 2.11. The highest BCUT2D eigenvalue weighted by Crippen LogP contribution is 2.23. The third-order valence-electron chi connectivity index (χ3n) is 3.34. The van der Waals surface area contributed by atoms with Crippen LogP contribution in [0.2, 0.25) is 5.15 Å². The van der Waals surface area contributed by atoms with Gasteiger partial charge in [0, 0.05) is 25.4 Å². The minimum Gasteiger partial charge on any atom is -0.396 e. The SMILES string of the molecule is O=C(c1cccnc1Cl)N1CCCCC1CCO. The van der Waals surface area contributed by atoms with E-state index >= 15 is 0 Å². The highest BCUT2D eigenvalue weighted by atomic mass is 35.5. The Kier molecular flexibility index (Phi) is 4.55. The van der Waals surface area contributed by atoms with E-state index in [0.717, 1.165) is 25.8 Å². The summed E-state index contributed by atoms with van der Waals surface area (Å²) < 4.78 is 0. The Morgan fingerprint density at radius 3 is 3.11 bits per heavy atom. The van der Waals surface area contributed by atoms with Crippen molar-refractivity contribution in [2.24, 2.45) is 0 Å². The van der Waals surface area contributed by atoms with Crippen molar-refractivity contribution in [1.82, 2.24) is 9.88 Å². The number of pyridine rings is 1. The average Bonchev–Trinajstić information content (AvgIpc) is 2.40. The maximum Gasteiger partial charge on any atom is 0.257 e. The monoisotopic (exact) mass is 268 g/mol. The highest BCUT2D eigenvalue weighted by Gasteiger charge is 2.28. The van der Waals surface area contributed by atoms with E-state index in [4.69, 9.17) is 16.7 Å². The fourth-order valence-electron chi connectivity index (χ4n) is 2.42. The zero-order valence-electron chi connectivity index (χ0n) is 10.2. The number of aliphatic hydroxyl groups is 1. The van der Waals surface area contributed by atoms with Gasteiger partial charge in [0.2, 0.25) is 0 Å². The Morgan fingerprint density at radius 1 is 1.56 bits per heavy atom. The van der Waals surface area contributed by atoms with Gasteiger partial charge in [-0.3, -0.25) is 4.79 Å². The van der Waals surface area contributed by atoms with E-state index in [1.807, 2.05) is 4.90 Å². The summed E-state index contributed by atoms with van der Waals surface area (Å²) in [7, 11) is 0. The van der Waals surface area contributed by atoms with Crippen molar-refractivity contribution in [3.05, 3.63) is 29.0 Å². The molecule has 1 aliphatic heterocycles. The van der Waals surface area contributed by atoms with E-state index in [0.29, 0.717) is 12.0 Å². The molecule has 1 unspecified atom stereocenters. The topological polar surface area (TPSA) is 53.4 Å². The van der Waals surface area contributed by atoms with Crippen LogP contribution >= 0.6 is 11.6 Å². The molecule has 1 atom stereocenters. The maximum atomic E-state index is 12.4. The molecule has 1 aliphatic rings. The van der Waals surface area contributed by atoms with Crippen LogP contribution in [0.1, 0.15) is 36.0 Å². The molecule has 1 fully saturated rings. The predicted molar refractivity (Wildman–Crippen MR) is 69.6 cm³/mol. The molecule has 1 N–H and O–H groups in total. The van der Waals surface area contributed by atoms with Gasteiger partial charge in [-0.1, -0.05) is 11.6 Å². The number of rotatable bonds is 3.